The Kier molecular flexibility index (Phi) is 5.07. The molecule has 0 radical (unpaired) electrons. The lowest BCUT2D eigenvalue weighted by molar-refractivity contribution is -0.146. The number of nitrogens with zero attached hydrogens (tertiary/aromatic N) is 1. The van der Waals surface area contributed by atoms with Crippen LogP contribution in [0.4, 0.5) is 5.69 Å². The molecule has 0 amide bonds. The van der Waals surface area contributed by atoms with Crippen LogP contribution in [0.1, 0.15) is 24.9 Å². The summed E-state index contributed by atoms with van der Waals surface area (Å²) in [6.45, 7) is 2.04. The van der Waals surface area contributed by atoms with Crippen molar-refractivity contribution < 1.29 is 14.6 Å². The molecule has 4 nitrogen and oxygen atoms in total. The van der Waals surface area contributed by atoms with Crippen molar-refractivity contribution in [3.63, 3.8) is 0 Å². The zero-order chi connectivity index (χ0) is 17.1. The van der Waals surface area contributed by atoms with Gasteiger partial charge < -0.3 is 14.7 Å². The molecule has 0 bridgehead atoms. The van der Waals surface area contributed by atoms with E-state index < -0.39 is 18.1 Å². The fraction of sp³-hybridized carbons (Fsp3) is 0.316. The van der Waals surface area contributed by atoms with Gasteiger partial charge in [-0.05, 0) is 30.7 Å². The topological polar surface area (TPSA) is 49.8 Å². The standard InChI is InChI=1S/C19H20ClNO3/c1-2-24-19(23)18-17(22)12-16(14-10-6-7-11-15(14)20)21(18)13-8-4-3-5-9-13/h3-11,16-18,22H,2,12H2,1H3/t16-,17-,18+/m1/s1. The first kappa shape index (κ1) is 16.8. The van der Waals surface area contributed by atoms with Gasteiger partial charge in [0.25, 0.3) is 0 Å². The summed E-state index contributed by atoms with van der Waals surface area (Å²) in [5, 5.41) is 11.2. The normalized spacial score (nSPS) is 23.3. The molecule has 24 heavy (non-hydrogen) atoms. The highest BCUT2D eigenvalue weighted by molar-refractivity contribution is 6.31. The van der Waals surface area contributed by atoms with Crippen molar-refractivity contribution in [2.45, 2.75) is 31.5 Å². The highest BCUT2D eigenvalue weighted by Crippen LogP contribution is 2.42. The molecule has 0 spiro atoms. The van der Waals surface area contributed by atoms with Crippen molar-refractivity contribution >= 4 is 23.3 Å². The molecule has 0 aliphatic carbocycles. The second-order valence-corrected chi connectivity index (χ2v) is 6.19. The van der Waals surface area contributed by atoms with Gasteiger partial charge in [-0.15, -0.1) is 0 Å². The number of ether oxygens (including phenoxy) is 1. The predicted octanol–water partition coefficient (Wildman–Crippen LogP) is 3.58. The van der Waals surface area contributed by atoms with Gasteiger partial charge >= 0.3 is 5.97 Å². The molecule has 2 aromatic carbocycles. The highest BCUT2D eigenvalue weighted by atomic mass is 35.5. The summed E-state index contributed by atoms with van der Waals surface area (Å²) in [5.41, 5.74) is 1.76. The average Bonchev–Trinajstić information content (AvgIpc) is 2.93. The monoisotopic (exact) mass is 345 g/mol. The Morgan fingerprint density at radius 3 is 2.54 bits per heavy atom. The predicted molar refractivity (Wildman–Crippen MR) is 94.2 cm³/mol. The maximum Gasteiger partial charge on any atom is 0.331 e. The molecular weight excluding hydrogens is 326 g/mol. The van der Waals surface area contributed by atoms with Crippen LogP contribution in [0, 0.1) is 0 Å². The van der Waals surface area contributed by atoms with Gasteiger partial charge in [0.15, 0.2) is 6.04 Å². The lowest BCUT2D eigenvalue weighted by Gasteiger charge is -2.32. The van der Waals surface area contributed by atoms with Crippen LogP contribution in [0.15, 0.2) is 54.6 Å². The van der Waals surface area contributed by atoms with Crippen molar-refractivity contribution in [2.75, 3.05) is 11.5 Å². The second-order valence-electron chi connectivity index (χ2n) is 5.78. The number of anilines is 1. The molecule has 0 unspecified atom stereocenters. The Labute approximate surface area is 146 Å². The van der Waals surface area contributed by atoms with Crippen molar-refractivity contribution in [3.05, 3.63) is 65.2 Å². The van der Waals surface area contributed by atoms with Crippen LogP contribution in [0.2, 0.25) is 5.02 Å². The lowest BCUT2D eigenvalue weighted by atomic mass is 10.0. The Morgan fingerprint density at radius 1 is 1.21 bits per heavy atom. The Balaban J connectivity index is 2.05. The number of hydrogen-bond donors (Lipinski definition) is 1. The number of halogens is 1. The van der Waals surface area contributed by atoms with Gasteiger partial charge in [0.05, 0.1) is 18.8 Å². The fourth-order valence-corrected chi connectivity index (χ4v) is 3.57. The van der Waals surface area contributed by atoms with E-state index >= 15 is 0 Å². The van der Waals surface area contributed by atoms with Crippen molar-refractivity contribution in [3.8, 4) is 0 Å². The molecular formula is C19H20ClNO3. The summed E-state index contributed by atoms with van der Waals surface area (Å²) >= 11 is 6.37. The number of aliphatic hydroxyl groups is 1. The maximum absolute atomic E-state index is 12.4. The second kappa shape index (κ2) is 7.24. The minimum atomic E-state index is -0.814. The van der Waals surface area contributed by atoms with Gasteiger partial charge in [0.2, 0.25) is 0 Å². The van der Waals surface area contributed by atoms with Crippen molar-refractivity contribution in [1.29, 1.82) is 0 Å². The van der Waals surface area contributed by atoms with E-state index in [1.807, 2.05) is 59.5 Å². The van der Waals surface area contributed by atoms with Crippen LogP contribution < -0.4 is 4.90 Å². The molecule has 1 saturated heterocycles. The molecule has 2 aromatic rings. The molecule has 3 rings (SSSR count). The molecule has 3 atom stereocenters. The third kappa shape index (κ3) is 3.12. The Bertz CT molecular complexity index is 707. The fourth-order valence-electron chi connectivity index (χ4n) is 3.31. The van der Waals surface area contributed by atoms with E-state index in [4.69, 9.17) is 16.3 Å². The summed E-state index contributed by atoms with van der Waals surface area (Å²) in [7, 11) is 0. The van der Waals surface area contributed by atoms with Gasteiger partial charge in [-0.25, -0.2) is 4.79 Å². The maximum atomic E-state index is 12.4. The summed E-state index contributed by atoms with van der Waals surface area (Å²) in [6, 6.07) is 16.2. The van der Waals surface area contributed by atoms with E-state index in [1.165, 1.54) is 0 Å². The van der Waals surface area contributed by atoms with Crippen LogP contribution in [0.3, 0.4) is 0 Å². The van der Waals surface area contributed by atoms with Crippen LogP contribution in [-0.4, -0.2) is 29.8 Å². The zero-order valence-corrected chi connectivity index (χ0v) is 14.2. The SMILES string of the molecule is CCOC(=O)[C@@H]1[C@H](O)C[C@H](c2ccccc2Cl)N1c1ccccc1. The van der Waals surface area contributed by atoms with Crippen LogP contribution in [0.5, 0.6) is 0 Å². The molecule has 0 aromatic heterocycles. The molecule has 1 heterocycles. The van der Waals surface area contributed by atoms with E-state index in [2.05, 4.69) is 0 Å². The Morgan fingerprint density at radius 2 is 1.88 bits per heavy atom. The van der Waals surface area contributed by atoms with E-state index in [-0.39, 0.29) is 12.6 Å². The molecule has 1 aliphatic heterocycles. The molecule has 1 N–H and O–H groups in total. The molecule has 0 saturated carbocycles. The summed E-state index contributed by atoms with van der Waals surface area (Å²) < 4.78 is 5.19. The van der Waals surface area contributed by atoms with Gasteiger partial charge in [0.1, 0.15) is 0 Å². The van der Waals surface area contributed by atoms with Gasteiger partial charge in [-0.3, -0.25) is 0 Å². The minimum absolute atomic E-state index is 0.189. The highest BCUT2D eigenvalue weighted by Gasteiger charge is 2.46. The Hall–Kier alpha value is -2.04. The largest absolute Gasteiger partial charge is 0.464 e. The molecule has 1 aliphatic rings. The number of aliphatic hydroxyl groups excluding tert-OH is 1. The van der Waals surface area contributed by atoms with Gasteiger partial charge in [-0.2, -0.15) is 0 Å². The quantitative estimate of drug-likeness (QED) is 0.860. The number of carbonyl (C=O) groups is 1. The number of para-hydroxylation sites is 1. The van der Waals surface area contributed by atoms with Crippen molar-refractivity contribution in [1.82, 2.24) is 0 Å². The molecule has 5 heteroatoms. The first-order valence-electron chi connectivity index (χ1n) is 8.06. The molecule has 1 fully saturated rings. The number of benzene rings is 2. The van der Waals surface area contributed by atoms with Gasteiger partial charge in [-0.1, -0.05) is 48.0 Å². The van der Waals surface area contributed by atoms with E-state index in [1.54, 1.807) is 6.92 Å². The zero-order valence-electron chi connectivity index (χ0n) is 13.4. The number of hydrogen-bond acceptors (Lipinski definition) is 4. The molecule has 126 valence electrons. The first-order valence-corrected chi connectivity index (χ1v) is 8.43. The van der Waals surface area contributed by atoms with Crippen LogP contribution in [0.25, 0.3) is 0 Å². The van der Waals surface area contributed by atoms with Crippen molar-refractivity contribution in [2.24, 2.45) is 0 Å². The van der Waals surface area contributed by atoms with Gasteiger partial charge in [0, 0.05) is 17.1 Å². The minimum Gasteiger partial charge on any atom is -0.464 e. The van der Waals surface area contributed by atoms with E-state index in [9.17, 15) is 9.90 Å². The summed E-state index contributed by atoms with van der Waals surface area (Å²) in [5.74, 6) is -0.414. The number of esters is 1. The average molecular weight is 346 g/mol. The number of carbonyl (C=O) groups excluding carboxylic acids is 1. The lowest BCUT2D eigenvalue weighted by Crippen LogP contribution is -2.43. The van der Waals surface area contributed by atoms with Crippen LogP contribution in [-0.2, 0) is 9.53 Å². The van der Waals surface area contributed by atoms with E-state index in [0.29, 0.717) is 11.4 Å². The third-order valence-corrected chi connectivity index (χ3v) is 4.66. The first-order chi connectivity index (χ1) is 11.6. The smallest absolute Gasteiger partial charge is 0.331 e. The third-order valence-electron chi connectivity index (χ3n) is 4.31. The summed E-state index contributed by atoms with van der Waals surface area (Å²) in [4.78, 5) is 14.4. The van der Waals surface area contributed by atoms with E-state index in [0.717, 1.165) is 11.3 Å². The van der Waals surface area contributed by atoms with Crippen LogP contribution >= 0.6 is 11.6 Å². The summed E-state index contributed by atoms with van der Waals surface area (Å²) in [6.07, 6.45) is -0.396. The number of rotatable bonds is 4.